The molecule has 0 radical (unpaired) electrons. The number of para-hydroxylation sites is 1. The van der Waals surface area contributed by atoms with Gasteiger partial charge in [-0.1, -0.05) is 36.9 Å². The maximum Gasteiger partial charge on any atom is 0.272 e. The molecule has 0 aliphatic carbocycles. The van der Waals surface area contributed by atoms with Crippen molar-refractivity contribution in [2.45, 2.75) is 25.5 Å². The first-order valence-corrected chi connectivity index (χ1v) is 10.6. The van der Waals surface area contributed by atoms with E-state index in [0.717, 1.165) is 38.0 Å². The summed E-state index contributed by atoms with van der Waals surface area (Å²) in [5.74, 6) is 1.64. The van der Waals surface area contributed by atoms with Crippen LogP contribution in [0.2, 0.25) is 0 Å². The maximum atomic E-state index is 13.3. The molecule has 0 unspecified atom stereocenters. The van der Waals surface area contributed by atoms with Crippen LogP contribution in [0, 0.1) is 0 Å². The van der Waals surface area contributed by atoms with Crippen LogP contribution in [0.3, 0.4) is 0 Å². The fourth-order valence-electron chi connectivity index (χ4n) is 3.02. The largest absolute Gasteiger partial charge is 0.494 e. The fourth-order valence-corrected chi connectivity index (χ4v) is 4.77. The number of rotatable bonds is 6. The van der Waals surface area contributed by atoms with Crippen molar-refractivity contribution in [2.75, 3.05) is 12.4 Å². The Bertz CT molecular complexity index is 1170. The van der Waals surface area contributed by atoms with Gasteiger partial charge in [-0.3, -0.25) is 9.36 Å². The highest BCUT2D eigenvalue weighted by Gasteiger charge is 2.17. The molecule has 0 atom stereocenters. The number of thiophene rings is 1. The number of pyridine rings is 1. The zero-order chi connectivity index (χ0) is 18.8. The average molecular weight is 398 g/mol. The molecule has 0 aliphatic heterocycles. The molecule has 4 rings (SSSR count). The Morgan fingerprint density at radius 3 is 2.85 bits per heavy atom. The van der Waals surface area contributed by atoms with Gasteiger partial charge in [0.25, 0.3) is 5.56 Å². The van der Waals surface area contributed by atoms with Crippen LogP contribution in [0.1, 0.15) is 19.4 Å². The predicted octanol–water partition coefficient (Wildman–Crippen LogP) is 4.57. The normalized spacial score (nSPS) is 11.3. The van der Waals surface area contributed by atoms with Gasteiger partial charge in [-0.15, -0.1) is 11.3 Å². The topological polar surface area (TPSA) is 57.0 Å². The van der Waals surface area contributed by atoms with Gasteiger partial charge in [-0.25, -0.2) is 9.97 Å². The molecule has 0 fully saturated rings. The molecule has 1 aromatic carbocycles. The fraction of sp³-hybridized carbons (Fsp3) is 0.250. The number of hydrogen-bond donors (Lipinski definition) is 0. The Morgan fingerprint density at radius 2 is 2.04 bits per heavy atom. The molecule has 0 saturated heterocycles. The van der Waals surface area contributed by atoms with Crippen molar-refractivity contribution >= 4 is 43.5 Å². The van der Waals surface area contributed by atoms with Gasteiger partial charge >= 0.3 is 0 Å². The van der Waals surface area contributed by atoms with E-state index in [-0.39, 0.29) is 5.56 Å². The Labute approximate surface area is 165 Å². The van der Waals surface area contributed by atoms with Gasteiger partial charge in [0.05, 0.1) is 18.7 Å². The molecule has 27 heavy (non-hydrogen) atoms. The molecule has 4 aromatic rings. The molecule has 0 amide bonds. The first-order valence-electron chi connectivity index (χ1n) is 8.84. The second-order valence-electron chi connectivity index (χ2n) is 5.90. The Hall–Kier alpha value is -2.38. The highest BCUT2D eigenvalue weighted by atomic mass is 32.2. The SMILES string of the molecule is CCOc1ccccc1Cn1c(SCC)nc2c(sc3ncccc32)c1=O. The lowest BCUT2D eigenvalue weighted by molar-refractivity contribution is 0.335. The van der Waals surface area contributed by atoms with Gasteiger partial charge in [0.1, 0.15) is 15.3 Å². The van der Waals surface area contributed by atoms with Crippen LogP contribution in [-0.4, -0.2) is 26.9 Å². The quantitative estimate of drug-likeness (QED) is 0.352. The first kappa shape index (κ1) is 18.0. The number of nitrogens with zero attached hydrogens (tertiary/aromatic N) is 3. The number of fused-ring (bicyclic) bond motifs is 3. The third-order valence-corrected chi connectivity index (χ3v) is 6.14. The van der Waals surface area contributed by atoms with Crippen LogP contribution >= 0.6 is 23.1 Å². The summed E-state index contributed by atoms with van der Waals surface area (Å²) in [6.07, 6.45) is 1.75. The summed E-state index contributed by atoms with van der Waals surface area (Å²) < 4.78 is 8.14. The second kappa shape index (κ2) is 7.70. The van der Waals surface area contributed by atoms with Crippen molar-refractivity contribution < 1.29 is 4.74 Å². The number of thioether (sulfide) groups is 1. The van der Waals surface area contributed by atoms with E-state index in [4.69, 9.17) is 9.72 Å². The van der Waals surface area contributed by atoms with Crippen molar-refractivity contribution in [3.8, 4) is 5.75 Å². The molecule has 7 heteroatoms. The maximum absolute atomic E-state index is 13.3. The number of aromatic nitrogens is 3. The Balaban J connectivity index is 1.91. The highest BCUT2D eigenvalue weighted by Crippen LogP contribution is 2.31. The van der Waals surface area contributed by atoms with Gasteiger partial charge in [-0.2, -0.15) is 0 Å². The van der Waals surface area contributed by atoms with E-state index in [1.165, 1.54) is 11.3 Å². The smallest absolute Gasteiger partial charge is 0.272 e. The molecule has 0 aliphatic rings. The summed E-state index contributed by atoms with van der Waals surface area (Å²) in [5, 5.41) is 1.67. The van der Waals surface area contributed by atoms with E-state index in [0.29, 0.717) is 17.9 Å². The lowest BCUT2D eigenvalue weighted by Gasteiger charge is -2.14. The van der Waals surface area contributed by atoms with Gasteiger partial charge in [-0.05, 0) is 30.9 Å². The van der Waals surface area contributed by atoms with Crippen LogP contribution in [0.15, 0.2) is 52.5 Å². The van der Waals surface area contributed by atoms with E-state index in [9.17, 15) is 4.79 Å². The second-order valence-corrected chi connectivity index (χ2v) is 8.13. The van der Waals surface area contributed by atoms with Crippen molar-refractivity contribution in [2.24, 2.45) is 0 Å². The molecule has 0 spiro atoms. The standard InChI is InChI=1S/C20H19N3O2S2/c1-3-25-15-10-6-5-8-13(15)12-23-19(24)17-16(22-20(23)26-4-2)14-9-7-11-21-18(14)27-17/h5-11H,3-4,12H2,1-2H3. The van der Waals surface area contributed by atoms with Crippen molar-refractivity contribution in [3.63, 3.8) is 0 Å². The monoisotopic (exact) mass is 397 g/mol. The summed E-state index contributed by atoms with van der Waals surface area (Å²) in [4.78, 5) is 23.4. The van der Waals surface area contributed by atoms with Crippen LogP contribution in [0.5, 0.6) is 5.75 Å². The third kappa shape index (κ3) is 3.33. The van der Waals surface area contributed by atoms with E-state index in [1.807, 2.05) is 43.3 Å². The first-order chi connectivity index (χ1) is 13.2. The van der Waals surface area contributed by atoms with E-state index >= 15 is 0 Å². The summed E-state index contributed by atoms with van der Waals surface area (Å²) in [5.41, 5.74) is 1.70. The zero-order valence-electron chi connectivity index (χ0n) is 15.1. The summed E-state index contributed by atoms with van der Waals surface area (Å²) in [6, 6.07) is 11.7. The molecule has 0 saturated carbocycles. The minimum Gasteiger partial charge on any atom is -0.494 e. The Kier molecular flexibility index (Phi) is 5.13. The van der Waals surface area contributed by atoms with Crippen LogP contribution < -0.4 is 10.3 Å². The minimum atomic E-state index is -0.0229. The lowest BCUT2D eigenvalue weighted by atomic mass is 10.2. The molecule has 138 valence electrons. The molecular formula is C20H19N3O2S2. The van der Waals surface area contributed by atoms with Gasteiger partial charge in [0.2, 0.25) is 0 Å². The molecule has 5 nitrogen and oxygen atoms in total. The highest BCUT2D eigenvalue weighted by molar-refractivity contribution is 7.99. The van der Waals surface area contributed by atoms with Gasteiger partial charge in [0.15, 0.2) is 5.16 Å². The molecule has 3 aromatic heterocycles. The van der Waals surface area contributed by atoms with Crippen molar-refractivity contribution in [1.82, 2.24) is 14.5 Å². The van der Waals surface area contributed by atoms with Crippen LogP contribution in [-0.2, 0) is 6.54 Å². The summed E-state index contributed by atoms with van der Waals surface area (Å²) in [7, 11) is 0. The third-order valence-electron chi connectivity index (χ3n) is 4.19. The molecular weight excluding hydrogens is 378 g/mol. The van der Waals surface area contributed by atoms with E-state index in [1.54, 1.807) is 22.5 Å². The van der Waals surface area contributed by atoms with E-state index in [2.05, 4.69) is 11.9 Å². The summed E-state index contributed by atoms with van der Waals surface area (Å²) >= 11 is 2.98. The number of benzene rings is 1. The van der Waals surface area contributed by atoms with Crippen LogP contribution in [0.4, 0.5) is 0 Å². The van der Waals surface area contributed by atoms with Crippen molar-refractivity contribution in [3.05, 3.63) is 58.5 Å². The molecule has 3 heterocycles. The molecule has 0 bridgehead atoms. The van der Waals surface area contributed by atoms with Crippen LogP contribution in [0.25, 0.3) is 20.4 Å². The minimum absolute atomic E-state index is 0.0229. The predicted molar refractivity (Wildman–Crippen MR) is 112 cm³/mol. The van der Waals surface area contributed by atoms with Gasteiger partial charge < -0.3 is 4.74 Å². The Morgan fingerprint density at radius 1 is 1.19 bits per heavy atom. The molecule has 0 N–H and O–H groups in total. The number of ether oxygens (including phenoxy) is 1. The van der Waals surface area contributed by atoms with Crippen molar-refractivity contribution in [1.29, 1.82) is 0 Å². The van der Waals surface area contributed by atoms with Gasteiger partial charge in [0, 0.05) is 17.1 Å². The van der Waals surface area contributed by atoms with E-state index < -0.39 is 0 Å². The summed E-state index contributed by atoms with van der Waals surface area (Å²) in [6.45, 7) is 5.04. The zero-order valence-corrected chi connectivity index (χ0v) is 16.8. The number of hydrogen-bond acceptors (Lipinski definition) is 6. The average Bonchev–Trinajstić information content (AvgIpc) is 3.06. The lowest BCUT2D eigenvalue weighted by Crippen LogP contribution is -2.23.